The maximum Gasteiger partial charge on any atom is 0.226 e. The van der Waals surface area contributed by atoms with Crippen LogP contribution in [0.3, 0.4) is 0 Å². The second-order valence-corrected chi connectivity index (χ2v) is 9.94. The molecule has 4 nitrogen and oxygen atoms in total. The van der Waals surface area contributed by atoms with Crippen molar-refractivity contribution >= 4 is 11.6 Å². The van der Waals surface area contributed by atoms with Crippen LogP contribution in [-0.4, -0.2) is 47.9 Å². The van der Waals surface area contributed by atoms with Gasteiger partial charge in [-0.3, -0.25) is 9.69 Å². The molecule has 2 aliphatic heterocycles. The van der Waals surface area contributed by atoms with E-state index >= 15 is 0 Å². The zero-order valence-corrected chi connectivity index (χ0v) is 19.4. The zero-order valence-electron chi connectivity index (χ0n) is 19.4. The zero-order chi connectivity index (χ0) is 22.5. The van der Waals surface area contributed by atoms with Crippen LogP contribution in [0, 0.1) is 17.7 Å². The fraction of sp³-hybridized carbons (Fsp3) is 0.519. The van der Waals surface area contributed by atoms with E-state index in [1.165, 1.54) is 37.2 Å². The molecule has 0 aromatic heterocycles. The van der Waals surface area contributed by atoms with Crippen molar-refractivity contribution in [3.8, 4) is 0 Å². The van der Waals surface area contributed by atoms with Gasteiger partial charge in [-0.25, -0.2) is 4.39 Å². The smallest absolute Gasteiger partial charge is 0.226 e. The van der Waals surface area contributed by atoms with Gasteiger partial charge in [0.25, 0.3) is 0 Å². The van der Waals surface area contributed by atoms with E-state index in [9.17, 15) is 9.18 Å². The molecule has 1 N–H and O–H groups in total. The molecule has 0 aliphatic carbocycles. The highest BCUT2D eigenvalue weighted by molar-refractivity contribution is 5.78. The summed E-state index contributed by atoms with van der Waals surface area (Å²) in [6, 6.07) is 15.4. The van der Waals surface area contributed by atoms with Crippen molar-refractivity contribution < 1.29 is 9.18 Å². The molecule has 2 saturated heterocycles. The van der Waals surface area contributed by atoms with Crippen LogP contribution < -0.4 is 5.32 Å². The molecule has 5 heteroatoms. The Morgan fingerprint density at radius 2 is 1.53 bits per heavy atom. The number of carbonyl (C=O) groups is 1. The topological polar surface area (TPSA) is 35.6 Å². The molecule has 0 saturated carbocycles. The molecule has 0 spiro atoms. The summed E-state index contributed by atoms with van der Waals surface area (Å²) < 4.78 is 13.1. The standard InChI is InChI=1S/C27H36FN3O/c1-20-15-21(2)18-30(17-20)19-23-5-3-22(4-6-23)16-27(32)31-13-11-26(12-14-31)29-25-9-7-24(28)8-10-25/h3-10,20-21,26,29H,11-19H2,1-2H3/t20-,21+. The largest absolute Gasteiger partial charge is 0.382 e. The lowest BCUT2D eigenvalue weighted by Crippen LogP contribution is -2.43. The molecule has 2 atom stereocenters. The van der Waals surface area contributed by atoms with E-state index in [0.717, 1.165) is 55.6 Å². The van der Waals surface area contributed by atoms with Gasteiger partial charge in [-0.15, -0.1) is 0 Å². The van der Waals surface area contributed by atoms with Gasteiger partial charge in [0.2, 0.25) is 5.91 Å². The number of anilines is 1. The second kappa shape index (κ2) is 10.5. The van der Waals surface area contributed by atoms with E-state index < -0.39 is 0 Å². The predicted molar refractivity (Wildman–Crippen MR) is 128 cm³/mol. The molecular formula is C27H36FN3O. The van der Waals surface area contributed by atoms with Gasteiger partial charge in [0, 0.05) is 44.5 Å². The molecule has 32 heavy (non-hydrogen) atoms. The maximum absolute atomic E-state index is 13.1. The molecule has 2 heterocycles. The van der Waals surface area contributed by atoms with Gasteiger partial charge in [0.1, 0.15) is 5.82 Å². The number of carbonyl (C=O) groups excluding carboxylic acids is 1. The Morgan fingerprint density at radius 1 is 0.938 bits per heavy atom. The first-order valence-corrected chi connectivity index (χ1v) is 12.0. The Hall–Kier alpha value is -2.40. The van der Waals surface area contributed by atoms with Gasteiger partial charge in [0.05, 0.1) is 6.42 Å². The van der Waals surface area contributed by atoms with Crippen LogP contribution in [0.1, 0.15) is 44.2 Å². The Morgan fingerprint density at radius 3 is 2.16 bits per heavy atom. The van der Waals surface area contributed by atoms with E-state index in [2.05, 4.69) is 48.3 Å². The van der Waals surface area contributed by atoms with Crippen LogP contribution in [-0.2, 0) is 17.8 Å². The molecular weight excluding hydrogens is 401 g/mol. The van der Waals surface area contributed by atoms with Crippen molar-refractivity contribution in [2.75, 3.05) is 31.5 Å². The fourth-order valence-corrected chi connectivity index (χ4v) is 5.28. The summed E-state index contributed by atoms with van der Waals surface area (Å²) in [5.74, 6) is 1.52. The summed E-state index contributed by atoms with van der Waals surface area (Å²) in [6.45, 7) is 9.57. The number of hydrogen-bond acceptors (Lipinski definition) is 3. The molecule has 172 valence electrons. The molecule has 1 amide bonds. The number of amides is 1. The highest BCUT2D eigenvalue weighted by Crippen LogP contribution is 2.23. The van der Waals surface area contributed by atoms with Gasteiger partial charge in [-0.2, -0.15) is 0 Å². The number of likely N-dealkylation sites (tertiary alicyclic amines) is 2. The molecule has 0 radical (unpaired) electrons. The second-order valence-electron chi connectivity index (χ2n) is 9.94. The summed E-state index contributed by atoms with van der Waals surface area (Å²) in [7, 11) is 0. The van der Waals surface area contributed by atoms with Gasteiger partial charge >= 0.3 is 0 Å². The molecule has 0 bridgehead atoms. The van der Waals surface area contributed by atoms with Gasteiger partial charge in [-0.1, -0.05) is 38.1 Å². The van der Waals surface area contributed by atoms with Gasteiger partial charge in [0.15, 0.2) is 0 Å². The van der Waals surface area contributed by atoms with Gasteiger partial charge in [-0.05, 0) is 66.5 Å². The normalized spacial score (nSPS) is 22.7. The van der Waals surface area contributed by atoms with Crippen LogP contribution >= 0.6 is 0 Å². The molecule has 2 aromatic rings. The Bertz CT molecular complexity index is 865. The summed E-state index contributed by atoms with van der Waals surface area (Å²) in [4.78, 5) is 17.3. The third-order valence-corrected chi connectivity index (χ3v) is 6.79. The van der Waals surface area contributed by atoms with E-state index in [4.69, 9.17) is 0 Å². The highest BCUT2D eigenvalue weighted by atomic mass is 19.1. The van der Waals surface area contributed by atoms with Crippen LogP contribution in [0.5, 0.6) is 0 Å². The lowest BCUT2D eigenvalue weighted by atomic mass is 9.91. The first-order valence-electron chi connectivity index (χ1n) is 12.0. The van der Waals surface area contributed by atoms with Crippen molar-refractivity contribution in [1.29, 1.82) is 0 Å². The number of nitrogens with zero attached hydrogens (tertiary/aromatic N) is 2. The number of hydrogen-bond donors (Lipinski definition) is 1. The third-order valence-electron chi connectivity index (χ3n) is 6.79. The lowest BCUT2D eigenvalue weighted by molar-refractivity contribution is -0.131. The highest BCUT2D eigenvalue weighted by Gasteiger charge is 2.23. The number of piperidine rings is 2. The number of halogens is 1. The van der Waals surface area contributed by atoms with Crippen LogP contribution in [0.25, 0.3) is 0 Å². The van der Waals surface area contributed by atoms with Crippen LogP contribution in [0.2, 0.25) is 0 Å². The van der Waals surface area contributed by atoms with Crippen LogP contribution in [0.15, 0.2) is 48.5 Å². The van der Waals surface area contributed by atoms with E-state index in [-0.39, 0.29) is 11.7 Å². The van der Waals surface area contributed by atoms with E-state index in [0.29, 0.717) is 12.5 Å². The summed E-state index contributed by atoms with van der Waals surface area (Å²) in [5.41, 5.74) is 3.35. The quantitative estimate of drug-likeness (QED) is 0.695. The number of rotatable bonds is 6. The minimum Gasteiger partial charge on any atom is -0.382 e. The van der Waals surface area contributed by atoms with Crippen molar-refractivity contribution in [2.24, 2.45) is 11.8 Å². The molecule has 0 unspecified atom stereocenters. The summed E-state index contributed by atoms with van der Waals surface area (Å²) in [5, 5.41) is 3.45. The van der Waals surface area contributed by atoms with E-state index in [1.54, 1.807) is 12.1 Å². The first kappa shape index (κ1) is 22.8. The minimum atomic E-state index is -0.223. The van der Waals surface area contributed by atoms with Crippen molar-refractivity contribution in [3.63, 3.8) is 0 Å². The van der Waals surface area contributed by atoms with Crippen molar-refractivity contribution in [2.45, 2.75) is 52.1 Å². The average molecular weight is 438 g/mol. The lowest BCUT2D eigenvalue weighted by Gasteiger charge is -2.35. The Kier molecular flexibility index (Phi) is 7.46. The average Bonchev–Trinajstić information content (AvgIpc) is 2.76. The van der Waals surface area contributed by atoms with E-state index in [1.807, 2.05) is 4.90 Å². The summed E-state index contributed by atoms with van der Waals surface area (Å²) >= 11 is 0. The SMILES string of the molecule is C[C@@H]1C[C@H](C)CN(Cc2ccc(CC(=O)N3CCC(Nc4ccc(F)cc4)CC3)cc2)C1. The number of benzene rings is 2. The first-order chi connectivity index (χ1) is 15.4. The molecule has 2 fully saturated rings. The third kappa shape index (κ3) is 6.32. The maximum atomic E-state index is 13.1. The Labute approximate surface area is 191 Å². The molecule has 2 aliphatic rings. The molecule has 4 rings (SSSR count). The van der Waals surface area contributed by atoms with Crippen molar-refractivity contribution in [3.05, 3.63) is 65.5 Å². The minimum absolute atomic E-state index is 0.205. The number of nitrogens with one attached hydrogen (secondary N) is 1. The predicted octanol–water partition coefficient (Wildman–Crippen LogP) is 4.95. The molecule has 2 aromatic carbocycles. The monoisotopic (exact) mass is 437 g/mol. The fourth-order valence-electron chi connectivity index (χ4n) is 5.28. The van der Waals surface area contributed by atoms with Crippen molar-refractivity contribution in [1.82, 2.24) is 9.80 Å². The van der Waals surface area contributed by atoms with Crippen LogP contribution in [0.4, 0.5) is 10.1 Å². The summed E-state index contributed by atoms with van der Waals surface area (Å²) in [6.07, 6.45) is 3.62. The van der Waals surface area contributed by atoms with Gasteiger partial charge < -0.3 is 10.2 Å². The Balaban J connectivity index is 1.22.